The normalized spacial score (nSPS) is 18.7. The summed E-state index contributed by atoms with van der Waals surface area (Å²) >= 11 is 0. The van der Waals surface area contributed by atoms with Crippen LogP contribution in [0.3, 0.4) is 0 Å². The number of nitrogen functional groups attached to an aromatic ring is 1. The van der Waals surface area contributed by atoms with Gasteiger partial charge < -0.3 is 20.0 Å². The molecule has 1 aromatic heterocycles. The maximum Gasteiger partial charge on any atom is 0.299 e. The van der Waals surface area contributed by atoms with Gasteiger partial charge in [-0.2, -0.15) is 4.98 Å². The highest BCUT2D eigenvalue weighted by Crippen LogP contribution is 2.30. The van der Waals surface area contributed by atoms with Crippen LogP contribution < -0.4 is 10.6 Å². The van der Waals surface area contributed by atoms with Crippen LogP contribution in [0.2, 0.25) is 0 Å². The number of benzene rings is 1. The van der Waals surface area contributed by atoms with Gasteiger partial charge in [-0.15, -0.1) is 0 Å². The predicted octanol–water partition coefficient (Wildman–Crippen LogP) is 1.47. The van der Waals surface area contributed by atoms with Crippen molar-refractivity contribution < 1.29 is 9.21 Å². The summed E-state index contributed by atoms with van der Waals surface area (Å²) in [7, 11) is 3.53. The quantitative estimate of drug-likeness (QED) is 0.839. The molecule has 2 aromatic rings. The fourth-order valence-electron chi connectivity index (χ4n) is 2.63. The highest BCUT2D eigenvalue weighted by molar-refractivity contribution is 5.88. The molecule has 0 spiro atoms. The van der Waals surface area contributed by atoms with E-state index in [2.05, 4.69) is 4.98 Å². The van der Waals surface area contributed by atoms with Crippen LogP contribution in [0, 0.1) is 0 Å². The number of rotatable bonds is 2. The van der Waals surface area contributed by atoms with E-state index < -0.39 is 0 Å². The van der Waals surface area contributed by atoms with E-state index in [0.29, 0.717) is 22.8 Å². The van der Waals surface area contributed by atoms with Gasteiger partial charge in [0.05, 0.1) is 5.69 Å². The fraction of sp³-hybridized carbons (Fsp3) is 0.429. The van der Waals surface area contributed by atoms with Gasteiger partial charge in [-0.05, 0) is 25.0 Å². The van der Waals surface area contributed by atoms with Crippen LogP contribution in [0.1, 0.15) is 12.8 Å². The van der Waals surface area contributed by atoms with Crippen LogP contribution in [0.15, 0.2) is 22.6 Å². The van der Waals surface area contributed by atoms with Crippen molar-refractivity contribution in [2.75, 3.05) is 31.3 Å². The second-order valence-electron chi connectivity index (χ2n) is 5.27. The van der Waals surface area contributed by atoms with E-state index in [4.69, 9.17) is 10.2 Å². The zero-order valence-electron chi connectivity index (χ0n) is 11.7. The molecule has 1 aliphatic rings. The molecule has 1 amide bonds. The number of para-hydroxylation sites is 1. The Morgan fingerprint density at radius 2 is 2.30 bits per heavy atom. The van der Waals surface area contributed by atoms with E-state index in [1.807, 2.05) is 17.0 Å². The van der Waals surface area contributed by atoms with Crippen LogP contribution in [-0.4, -0.2) is 42.5 Å². The van der Waals surface area contributed by atoms with Crippen LogP contribution in [0.25, 0.3) is 11.1 Å². The Morgan fingerprint density at radius 3 is 3.00 bits per heavy atom. The molecule has 2 heterocycles. The molecule has 2 N–H and O–H groups in total. The summed E-state index contributed by atoms with van der Waals surface area (Å²) in [5.41, 5.74) is 7.80. The van der Waals surface area contributed by atoms with Crippen LogP contribution >= 0.6 is 0 Å². The largest absolute Gasteiger partial charge is 0.423 e. The van der Waals surface area contributed by atoms with Crippen molar-refractivity contribution in [1.82, 2.24) is 9.88 Å². The zero-order chi connectivity index (χ0) is 14.3. The SMILES string of the molecule is CN(C)C(=O)C1CCCN1c1nc2c(N)cccc2o1. The maximum atomic E-state index is 12.2. The molecular formula is C14H18N4O2. The van der Waals surface area contributed by atoms with Crippen molar-refractivity contribution >= 4 is 28.7 Å². The minimum Gasteiger partial charge on any atom is -0.423 e. The van der Waals surface area contributed by atoms with Crippen molar-refractivity contribution in [3.63, 3.8) is 0 Å². The molecule has 20 heavy (non-hydrogen) atoms. The molecule has 6 nitrogen and oxygen atoms in total. The number of anilines is 2. The van der Waals surface area contributed by atoms with E-state index >= 15 is 0 Å². The molecule has 3 rings (SSSR count). The summed E-state index contributed by atoms with van der Waals surface area (Å²) in [5.74, 6) is 0.0812. The average molecular weight is 274 g/mol. The highest BCUT2D eigenvalue weighted by Gasteiger charge is 2.34. The first-order valence-electron chi connectivity index (χ1n) is 6.71. The second-order valence-corrected chi connectivity index (χ2v) is 5.27. The second kappa shape index (κ2) is 4.70. The topological polar surface area (TPSA) is 75.6 Å². The smallest absolute Gasteiger partial charge is 0.299 e. The van der Waals surface area contributed by atoms with E-state index in [1.165, 1.54) is 0 Å². The summed E-state index contributed by atoms with van der Waals surface area (Å²) in [6, 6.07) is 5.75. The van der Waals surface area contributed by atoms with Crippen LogP contribution in [0.5, 0.6) is 0 Å². The van der Waals surface area contributed by atoms with Gasteiger partial charge in [0.25, 0.3) is 6.01 Å². The number of likely N-dealkylation sites (N-methyl/N-ethyl adjacent to an activating group) is 1. The molecule has 0 saturated carbocycles. The third-order valence-electron chi connectivity index (χ3n) is 3.66. The molecular weight excluding hydrogens is 256 g/mol. The molecule has 1 fully saturated rings. The minimum absolute atomic E-state index is 0.0812. The van der Waals surface area contributed by atoms with Crippen molar-refractivity contribution in [2.45, 2.75) is 18.9 Å². The highest BCUT2D eigenvalue weighted by atomic mass is 16.4. The Bertz CT molecular complexity index is 650. The number of hydrogen-bond donors (Lipinski definition) is 1. The first kappa shape index (κ1) is 12.8. The Hall–Kier alpha value is -2.24. The first-order chi connectivity index (χ1) is 9.58. The zero-order valence-corrected chi connectivity index (χ0v) is 11.7. The predicted molar refractivity (Wildman–Crippen MR) is 77.5 cm³/mol. The number of carbonyl (C=O) groups excluding carboxylic acids is 1. The van der Waals surface area contributed by atoms with Gasteiger partial charge in [-0.3, -0.25) is 4.79 Å². The van der Waals surface area contributed by atoms with Crippen molar-refractivity contribution in [1.29, 1.82) is 0 Å². The molecule has 1 unspecified atom stereocenters. The molecule has 106 valence electrons. The van der Waals surface area contributed by atoms with Gasteiger partial charge >= 0.3 is 0 Å². The van der Waals surface area contributed by atoms with Crippen molar-refractivity contribution in [2.24, 2.45) is 0 Å². The van der Waals surface area contributed by atoms with Crippen LogP contribution in [-0.2, 0) is 4.79 Å². The fourth-order valence-corrected chi connectivity index (χ4v) is 2.63. The van der Waals surface area contributed by atoms with Gasteiger partial charge in [-0.1, -0.05) is 6.07 Å². The molecule has 0 radical (unpaired) electrons. The lowest BCUT2D eigenvalue weighted by Crippen LogP contribution is -2.42. The Morgan fingerprint density at radius 1 is 1.50 bits per heavy atom. The monoisotopic (exact) mass is 274 g/mol. The Labute approximate surface area is 117 Å². The molecule has 6 heteroatoms. The van der Waals surface area contributed by atoms with Crippen molar-refractivity contribution in [3.8, 4) is 0 Å². The third-order valence-corrected chi connectivity index (χ3v) is 3.66. The number of nitrogens with two attached hydrogens (primary N) is 1. The van der Waals surface area contributed by atoms with Gasteiger partial charge in [0.1, 0.15) is 11.6 Å². The Kier molecular flexibility index (Phi) is 3.00. The lowest BCUT2D eigenvalue weighted by molar-refractivity contribution is -0.129. The Balaban J connectivity index is 1.97. The molecule has 1 saturated heterocycles. The summed E-state index contributed by atoms with van der Waals surface area (Å²) in [6.07, 6.45) is 1.78. The summed E-state index contributed by atoms with van der Waals surface area (Å²) < 4.78 is 5.76. The van der Waals surface area contributed by atoms with E-state index in [1.54, 1.807) is 25.1 Å². The number of aromatic nitrogens is 1. The summed E-state index contributed by atoms with van der Waals surface area (Å²) in [4.78, 5) is 20.2. The number of amides is 1. The van der Waals surface area contributed by atoms with E-state index in [0.717, 1.165) is 19.4 Å². The van der Waals surface area contributed by atoms with Crippen LogP contribution in [0.4, 0.5) is 11.7 Å². The minimum atomic E-state index is -0.195. The maximum absolute atomic E-state index is 12.2. The first-order valence-corrected chi connectivity index (χ1v) is 6.71. The molecule has 1 aromatic carbocycles. The molecule has 0 aliphatic carbocycles. The van der Waals surface area contributed by atoms with Gasteiger partial charge in [-0.25, -0.2) is 0 Å². The van der Waals surface area contributed by atoms with E-state index in [-0.39, 0.29) is 11.9 Å². The molecule has 1 atom stereocenters. The van der Waals surface area contributed by atoms with E-state index in [9.17, 15) is 4.79 Å². The van der Waals surface area contributed by atoms with Gasteiger partial charge in [0, 0.05) is 20.6 Å². The average Bonchev–Trinajstić information content (AvgIpc) is 3.04. The lowest BCUT2D eigenvalue weighted by Gasteiger charge is -2.24. The number of oxazole rings is 1. The third kappa shape index (κ3) is 1.97. The summed E-state index contributed by atoms with van der Waals surface area (Å²) in [5, 5.41) is 0. The molecule has 1 aliphatic heterocycles. The standard InChI is InChI=1S/C14H18N4O2/c1-17(2)13(19)10-6-4-8-18(10)14-16-12-9(15)5-3-7-11(12)20-14/h3,5,7,10H,4,6,8,15H2,1-2H3. The lowest BCUT2D eigenvalue weighted by atomic mass is 10.2. The van der Waals surface area contributed by atoms with Gasteiger partial charge in [0.2, 0.25) is 5.91 Å². The number of carbonyl (C=O) groups is 1. The number of fused-ring (bicyclic) bond motifs is 1. The number of nitrogens with zero attached hydrogens (tertiary/aromatic N) is 3. The number of hydrogen-bond acceptors (Lipinski definition) is 5. The molecule has 0 bridgehead atoms. The van der Waals surface area contributed by atoms with Crippen molar-refractivity contribution in [3.05, 3.63) is 18.2 Å². The van der Waals surface area contributed by atoms with Gasteiger partial charge in [0.15, 0.2) is 5.58 Å². The summed E-state index contributed by atoms with van der Waals surface area (Å²) in [6.45, 7) is 0.775.